The third-order valence-corrected chi connectivity index (χ3v) is 6.05. The Bertz CT molecular complexity index is 1130. The van der Waals surface area contributed by atoms with Crippen molar-refractivity contribution in [1.82, 2.24) is 0 Å². The molecule has 0 radical (unpaired) electrons. The van der Waals surface area contributed by atoms with Crippen LogP contribution >= 0.6 is 0 Å². The molecule has 3 aromatic rings. The molecular weight excluding hydrogens is 402 g/mol. The summed E-state index contributed by atoms with van der Waals surface area (Å²) in [6, 6.07) is 26.3. The number of benzene rings is 3. The summed E-state index contributed by atoms with van der Waals surface area (Å²) in [4.78, 5) is 13.0. The first-order chi connectivity index (χ1) is 15.4. The minimum Gasteiger partial charge on any atom is -0.497 e. The Morgan fingerprint density at radius 1 is 0.938 bits per heavy atom. The van der Waals surface area contributed by atoms with E-state index in [1.807, 2.05) is 68.4 Å². The molecule has 1 aliphatic rings. The first-order valence-corrected chi connectivity index (χ1v) is 10.5. The Morgan fingerprint density at radius 3 is 2.28 bits per heavy atom. The van der Waals surface area contributed by atoms with Crippen molar-refractivity contribution in [2.75, 3.05) is 7.11 Å². The van der Waals surface area contributed by atoms with Gasteiger partial charge in [0.05, 0.1) is 13.0 Å². The summed E-state index contributed by atoms with van der Waals surface area (Å²) in [5.41, 5.74) is 1.39. The highest BCUT2D eigenvalue weighted by molar-refractivity contribution is 5.80. The molecule has 1 fully saturated rings. The number of nitriles is 1. The van der Waals surface area contributed by atoms with Crippen LogP contribution in [0.15, 0.2) is 78.9 Å². The minimum absolute atomic E-state index is 0.0352. The predicted molar refractivity (Wildman–Crippen MR) is 120 cm³/mol. The first-order valence-electron chi connectivity index (χ1n) is 10.5. The van der Waals surface area contributed by atoms with E-state index in [1.165, 1.54) is 0 Å². The lowest BCUT2D eigenvalue weighted by atomic mass is 10.0. The standard InChI is InChI=1S/C27H25NO4/c1-27(2)24(18-12-14-20(30-3)15-13-18)25(27)26(29)32-23(17-28)19-8-7-11-22(16-19)31-21-9-5-4-6-10-21/h4-16,23-25H,1-3H3. The van der Waals surface area contributed by atoms with Crippen LogP contribution in [-0.2, 0) is 9.53 Å². The van der Waals surface area contributed by atoms with Gasteiger partial charge in [-0.05, 0) is 47.4 Å². The van der Waals surface area contributed by atoms with E-state index in [0.717, 1.165) is 11.3 Å². The zero-order valence-corrected chi connectivity index (χ0v) is 18.3. The van der Waals surface area contributed by atoms with Gasteiger partial charge in [-0.1, -0.05) is 56.3 Å². The van der Waals surface area contributed by atoms with Gasteiger partial charge in [0.15, 0.2) is 0 Å². The van der Waals surface area contributed by atoms with Crippen molar-refractivity contribution in [3.05, 3.63) is 90.0 Å². The molecule has 3 unspecified atom stereocenters. The average molecular weight is 428 g/mol. The molecule has 0 N–H and O–H groups in total. The largest absolute Gasteiger partial charge is 0.497 e. The van der Waals surface area contributed by atoms with Crippen LogP contribution in [0.2, 0.25) is 0 Å². The van der Waals surface area contributed by atoms with Crippen molar-refractivity contribution < 1.29 is 19.0 Å². The van der Waals surface area contributed by atoms with Gasteiger partial charge in [0.2, 0.25) is 6.10 Å². The molecule has 0 bridgehead atoms. The monoisotopic (exact) mass is 427 g/mol. The van der Waals surface area contributed by atoms with Crippen molar-refractivity contribution in [1.29, 1.82) is 5.26 Å². The molecule has 0 heterocycles. The molecule has 0 aliphatic heterocycles. The Labute approximate surface area is 188 Å². The van der Waals surface area contributed by atoms with Gasteiger partial charge >= 0.3 is 5.97 Å². The normalized spacial score (nSPS) is 19.3. The molecule has 3 atom stereocenters. The fraction of sp³-hybridized carbons (Fsp3) is 0.259. The van der Waals surface area contributed by atoms with Gasteiger partial charge in [0.1, 0.15) is 23.3 Å². The maximum atomic E-state index is 13.0. The van der Waals surface area contributed by atoms with Gasteiger partial charge in [0.25, 0.3) is 0 Å². The molecule has 0 aromatic heterocycles. The molecule has 3 aromatic carbocycles. The molecule has 32 heavy (non-hydrogen) atoms. The number of ether oxygens (including phenoxy) is 3. The van der Waals surface area contributed by atoms with Gasteiger partial charge in [-0.2, -0.15) is 5.26 Å². The maximum absolute atomic E-state index is 13.0. The zero-order valence-electron chi connectivity index (χ0n) is 18.3. The van der Waals surface area contributed by atoms with Crippen LogP contribution in [-0.4, -0.2) is 13.1 Å². The number of esters is 1. The smallest absolute Gasteiger partial charge is 0.311 e. The van der Waals surface area contributed by atoms with E-state index in [9.17, 15) is 10.1 Å². The van der Waals surface area contributed by atoms with Crippen LogP contribution in [0.4, 0.5) is 0 Å². The van der Waals surface area contributed by atoms with Crippen molar-refractivity contribution in [3.8, 4) is 23.3 Å². The van der Waals surface area contributed by atoms with Gasteiger partial charge < -0.3 is 14.2 Å². The molecule has 0 saturated heterocycles. The molecule has 4 rings (SSSR count). The average Bonchev–Trinajstić information content (AvgIpc) is 3.40. The lowest BCUT2D eigenvalue weighted by Crippen LogP contribution is -2.14. The molecular formula is C27H25NO4. The SMILES string of the molecule is COc1ccc(C2C(C(=O)OC(C#N)c3cccc(Oc4ccccc4)c3)C2(C)C)cc1. The lowest BCUT2D eigenvalue weighted by molar-refractivity contribution is -0.149. The second-order valence-electron chi connectivity index (χ2n) is 8.48. The van der Waals surface area contributed by atoms with Crippen molar-refractivity contribution in [2.24, 2.45) is 11.3 Å². The Morgan fingerprint density at radius 2 is 1.62 bits per heavy atom. The number of hydrogen-bond donors (Lipinski definition) is 0. The summed E-state index contributed by atoms with van der Waals surface area (Å²) < 4.78 is 16.7. The fourth-order valence-electron chi connectivity index (χ4n) is 4.24. The molecule has 0 spiro atoms. The summed E-state index contributed by atoms with van der Waals surface area (Å²) in [7, 11) is 1.62. The number of rotatable bonds is 7. The fourth-order valence-corrected chi connectivity index (χ4v) is 4.24. The van der Waals surface area contributed by atoms with Crippen LogP contribution in [0.1, 0.15) is 37.0 Å². The summed E-state index contributed by atoms with van der Waals surface area (Å²) in [6.07, 6.45) is -1.00. The topological polar surface area (TPSA) is 68.5 Å². The van der Waals surface area contributed by atoms with E-state index in [0.29, 0.717) is 17.1 Å². The lowest BCUT2D eigenvalue weighted by Gasteiger charge is -2.13. The van der Waals surface area contributed by atoms with Gasteiger partial charge in [0, 0.05) is 11.5 Å². The van der Waals surface area contributed by atoms with E-state index < -0.39 is 6.10 Å². The number of carbonyl (C=O) groups excluding carboxylic acids is 1. The molecule has 0 amide bonds. The van der Waals surface area contributed by atoms with Gasteiger partial charge in [-0.25, -0.2) is 0 Å². The van der Waals surface area contributed by atoms with E-state index >= 15 is 0 Å². The molecule has 5 nitrogen and oxygen atoms in total. The van der Waals surface area contributed by atoms with Crippen LogP contribution in [0.3, 0.4) is 0 Å². The molecule has 162 valence electrons. The Kier molecular flexibility index (Phi) is 5.87. The van der Waals surface area contributed by atoms with Crippen molar-refractivity contribution in [2.45, 2.75) is 25.9 Å². The van der Waals surface area contributed by atoms with Gasteiger partial charge in [-0.3, -0.25) is 4.79 Å². The number of methoxy groups -OCH3 is 1. The van der Waals surface area contributed by atoms with E-state index in [4.69, 9.17) is 14.2 Å². The number of para-hydroxylation sites is 1. The summed E-state index contributed by atoms with van der Waals surface area (Å²) in [5, 5.41) is 9.70. The highest BCUT2D eigenvalue weighted by Gasteiger charge is 2.63. The maximum Gasteiger partial charge on any atom is 0.311 e. The van der Waals surface area contributed by atoms with Crippen molar-refractivity contribution >= 4 is 5.97 Å². The zero-order chi connectivity index (χ0) is 22.7. The Balaban J connectivity index is 1.47. The predicted octanol–water partition coefficient (Wildman–Crippen LogP) is 6.04. The number of nitrogens with zero attached hydrogens (tertiary/aromatic N) is 1. The number of hydrogen-bond acceptors (Lipinski definition) is 5. The second-order valence-corrected chi connectivity index (χ2v) is 8.48. The Hall–Kier alpha value is -3.78. The summed E-state index contributed by atoms with van der Waals surface area (Å²) in [6.45, 7) is 4.09. The van der Waals surface area contributed by atoms with Crippen LogP contribution in [0.5, 0.6) is 17.2 Å². The van der Waals surface area contributed by atoms with Crippen LogP contribution < -0.4 is 9.47 Å². The summed E-state index contributed by atoms with van der Waals surface area (Å²) in [5.74, 6) is 1.40. The molecule has 1 aliphatic carbocycles. The summed E-state index contributed by atoms with van der Waals surface area (Å²) >= 11 is 0. The van der Waals surface area contributed by atoms with E-state index in [1.54, 1.807) is 31.4 Å². The molecule has 5 heteroatoms. The van der Waals surface area contributed by atoms with Crippen molar-refractivity contribution in [3.63, 3.8) is 0 Å². The first kappa shape index (κ1) is 21.5. The highest BCUT2D eigenvalue weighted by atomic mass is 16.5. The third kappa shape index (κ3) is 4.31. The molecule has 1 saturated carbocycles. The van der Waals surface area contributed by atoms with Crippen LogP contribution in [0, 0.1) is 22.7 Å². The van der Waals surface area contributed by atoms with Crippen LogP contribution in [0.25, 0.3) is 0 Å². The minimum atomic E-state index is -1.00. The van der Waals surface area contributed by atoms with E-state index in [-0.39, 0.29) is 23.2 Å². The third-order valence-electron chi connectivity index (χ3n) is 6.05. The van der Waals surface area contributed by atoms with Gasteiger partial charge in [-0.15, -0.1) is 0 Å². The number of carbonyl (C=O) groups is 1. The second kappa shape index (κ2) is 8.76. The highest BCUT2D eigenvalue weighted by Crippen LogP contribution is 2.65. The van der Waals surface area contributed by atoms with E-state index in [2.05, 4.69) is 6.07 Å². The quantitative estimate of drug-likeness (QED) is 0.430.